The summed E-state index contributed by atoms with van der Waals surface area (Å²) in [6.45, 7) is 6.06. The van der Waals surface area contributed by atoms with E-state index in [1.807, 2.05) is 37.3 Å². The third kappa shape index (κ3) is 6.44. The summed E-state index contributed by atoms with van der Waals surface area (Å²) in [6, 6.07) is 15.7. The number of carbonyl (C=O) groups excluding carboxylic acids is 2. The van der Waals surface area contributed by atoms with Gasteiger partial charge in [-0.3, -0.25) is 4.79 Å². The summed E-state index contributed by atoms with van der Waals surface area (Å²) >= 11 is 0. The van der Waals surface area contributed by atoms with Gasteiger partial charge in [0.2, 0.25) is 0 Å². The molecule has 0 saturated heterocycles. The molecule has 2 atom stereocenters. The maximum atomic E-state index is 12.6. The minimum atomic E-state index is -0.740. The van der Waals surface area contributed by atoms with Crippen molar-refractivity contribution in [3.8, 4) is 5.75 Å². The Morgan fingerprint density at radius 2 is 1.67 bits per heavy atom. The number of hydrogen-bond acceptors (Lipinski definition) is 4. The van der Waals surface area contributed by atoms with Crippen LogP contribution in [0.4, 0.5) is 0 Å². The molecule has 0 radical (unpaired) electrons. The number of carbonyl (C=O) groups is 2. The Kier molecular flexibility index (Phi) is 7.86. The molecule has 0 saturated carbocycles. The normalized spacial score (nSPS) is 12.7. The first-order valence-electron chi connectivity index (χ1n) is 9.31. The Labute approximate surface area is 160 Å². The molecule has 144 valence electrons. The van der Waals surface area contributed by atoms with Crippen molar-refractivity contribution < 1.29 is 19.1 Å². The first-order valence-corrected chi connectivity index (χ1v) is 9.31. The molecule has 5 heteroatoms. The van der Waals surface area contributed by atoms with Gasteiger partial charge in [-0.2, -0.15) is 0 Å². The van der Waals surface area contributed by atoms with Crippen LogP contribution in [0.3, 0.4) is 0 Å². The molecule has 2 aromatic rings. The van der Waals surface area contributed by atoms with Crippen LogP contribution in [0.15, 0.2) is 54.6 Å². The van der Waals surface area contributed by atoms with Crippen molar-refractivity contribution >= 4 is 11.9 Å². The second kappa shape index (κ2) is 10.4. The van der Waals surface area contributed by atoms with Crippen molar-refractivity contribution in [3.05, 3.63) is 65.7 Å². The molecule has 27 heavy (non-hydrogen) atoms. The molecule has 5 nitrogen and oxygen atoms in total. The second-order valence-electron chi connectivity index (χ2n) is 6.33. The van der Waals surface area contributed by atoms with E-state index in [9.17, 15) is 9.59 Å². The van der Waals surface area contributed by atoms with E-state index in [-0.39, 0.29) is 18.6 Å². The molecule has 0 fully saturated rings. The van der Waals surface area contributed by atoms with Gasteiger partial charge >= 0.3 is 5.97 Å². The summed E-state index contributed by atoms with van der Waals surface area (Å²) in [4.78, 5) is 24.8. The largest absolute Gasteiger partial charge is 0.491 e. The molecular weight excluding hydrogens is 342 g/mol. The molecule has 0 aromatic heterocycles. The SMILES string of the molecule is CCOC(=O)C(Cc1ccccc1)NC(=O)c1ccc(OC(C)CC)cc1. The summed E-state index contributed by atoms with van der Waals surface area (Å²) in [5.74, 6) is -0.0439. The van der Waals surface area contributed by atoms with Crippen LogP contribution >= 0.6 is 0 Å². The Hall–Kier alpha value is -2.82. The molecule has 0 aliphatic heterocycles. The van der Waals surface area contributed by atoms with Gasteiger partial charge < -0.3 is 14.8 Å². The van der Waals surface area contributed by atoms with E-state index in [4.69, 9.17) is 9.47 Å². The summed E-state index contributed by atoms with van der Waals surface area (Å²) in [5.41, 5.74) is 1.42. The lowest BCUT2D eigenvalue weighted by molar-refractivity contribution is -0.145. The van der Waals surface area contributed by atoms with E-state index in [1.165, 1.54) is 0 Å². The Morgan fingerprint density at radius 1 is 1.00 bits per heavy atom. The second-order valence-corrected chi connectivity index (χ2v) is 6.33. The highest BCUT2D eigenvalue weighted by atomic mass is 16.5. The molecule has 1 amide bonds. The molecule has 0 aliphatic carbocycles. The van der Waals surface area contributed by atoms with Gasteiger partial charge in [0.25, 0.3) is 5.91 Å². The van der Waals surface area contributed by atoms with Crippen LogP contribution in [0.1, 0.15) is 43.1 Å². The maximum Gasteiger partial charge on any atom is 0.328 e. The lowest BCUT2D eigenvalue weighted by atomic mass is 10.1. The minimum Gasteiger partial charge on any atom is -0.491 e. The van der Waals surface area contributed by atoms with Gasteiger partial charge in [-0.1, -0.05) is 37.3 Å². The standard InChI is InChI=1S/C22H27NO4/c1-4-16(3)27-19-13-11-18(12-14-19)21(24)23-20(22(25)26-5-2)15-17-9-7-6-8-10-17/h6-14,16,20H,4-5,15H2,1-3H3,(H,23,24). The first-order chi connectivity index (χ1) is 13.0. The van der Waals surface area contributed by atoms with Gasteiger partial charge in [0, 0.05) is 12.0 Å². The van der Waals surface area contributed by atoms with Gasteiger partial charge in [0.05, 0.1) is 12.7 Å². The number of hydrogen-bond donors (Lipinski definition) is 1. The third-order valence-corrected chi connectivity index (χ3v) is 4.19. The van der Waals surface area contributed by atoms with E-state index in [0.717, 1.165) is 12.0 Å². The maximum absolute atomic E-state index is 12.6. The molecule has 2 unspecified atom stereocenters. The highest BCUT2D eigenvalue weighted by Gasteiger charge is 2.23. The smallest absolute Gasteiger partial charge is 0.328 e. The number of nitrogens with one attached hydrogen (secondary N) is 1. The van der Waals surface area contributed by atoms with E-state index in [2.05, 4.69) is 12.2 Å². The van der Waals surface area contributed by atoms with Gasteiger partial charge in [-0.05, 0) is 50.1 Å². The molecular formula is C22H27NO4. The monoisotopic (exact) mass is 369 g/mol. The quantitative estimate of drug-likeness (QED) is 0.684. The molecule has 2 aromatic carbocycles. The zero-order chi connectivity index (χ0) is 19.6. The predicted molar refractivity (Wildman–Crippen MR) is 105 cm³/mol. The molecule has 2 rings (SSSR count). The highest BCUT2D eigenvalue weighted by Crippen LogP contribution is 2.15. The van der Waals surface area contributed by atoms with Crippen molar-refractivity contribution in [1.82, 2.24) is 5.32 Å². The van der Waals surface area contributed by atoms with Crippen LogP contribution in [0, 0.1) is 0 Å². The van der Waals surface area contributed by atoms with Gasteiger partial charge in [0.1, 0.15) is 11.8 Å². The summed E-state index contributed by atoms with van der Waals surface area (Å²) in [6.07, 6.45) is 1.40. The van der Waals surface area contributed by atoms with Crippen LogP contribution in [-0.4, -0.2) is 30.6 Å². The van der Waals surface area contributed by atoms with Crippen molar-refractivity contribution in [3.63, 3.8) is 0 Å². The van der Waals surface area contributed by atoms with Crippen molar-refractivity contribution in [2.75, 3.05) is 6.61 Å². The Morgan fingerprint density at radius 3 is 2.26 bits per heavy atom. The van der Waals surface area contributed by atoms with Crippen LogP contribution in [-0.2, 0) is 16.0 Å². The fourth-order valence-corrected chi connectivity index (χ4v) is 2.53. The van der Waals surface area contributed by atoms with Crippen molar-refractivity contribution in [1.29, 1.82) is 0 Å². The minimum absolute atomic E-state index is 0.115. The predicted octanol–water partition coefficient (Wildman–Crippen LogP) is 3.77. The van der Waals surface area contributed by atoms with E-state index in [1.54, 1.807) is 31.2 Å². The molecule has 0 aliphatic rings. The van der Waals surface area contributed by atoms with Gasteiger partial charge in [-0.25, -0.2) is 4.79 Å². The summed E-state index contributed by atoms with van der Waals surface area (Å²) in [7, 11) is 0. The number of ether oxygens (including phenoxy) is 2. The van der Waals surface area contributed by atoms with Crippen molar-refractivity contribution in [2.45, 2.75) is 45.8 Å². The van der Waals surface area contributed by atoms with Crippen molar-refractivity contribution in [2.24, 2.45) is 0 Å². The summed E-state index contributed by atoms with van der Waals surface area (Å²) < 4.78 is 10.8. The topological polar surface area (TPSA) is 64.6 Å². The average Bonchev–Trinajstić information content (AvgIpc) is 2.68. The molecule has 0 bridgehead atoms. The van der Waals surface area contributed by atoms with Gasteiger partial charge in [-0.15, -0.1) is 0 Å². The fourth-order valence-electron chi connectivity index (χ4n) is 2.53. The Bertz CT molecular complexity index is 728. The molecule has 1 N–H and O–H groups in total. The van der Waals surface area contributed by atoms with E-state index >= 15 is 0 Å². The highest BCUT2D eigenvalue weighted by molar-refractivity contribution is 5.96. The van der Waals surface area contributed by atoms with E-state index in [0.29, 0.717) is 17.7 Å². The fraction of sp³-hybridized carbons (Fsp3) is 0.364. The number of esters is 1. The summed E-state index contributed by atoms with van der Waals surface area (Å²) in [5, 5.41) is 2.78. The number of benzene rings is 2. The zero-order valence-corrected chi connectivity index (χ0v) is 16.1. The first kappa shape index (κ1) is 20.5. The lowest BCUT2D eigenvalue weighted by Gasteiger charge is -2.18. The van der Waals surface area contributed by atoms with E-state index < -0.39 is 12.0 Å². The van der Waals surface area contributed by atoms with Crippen LogP contribution in [0.2, 0.25) is 0 Å². The van der Waals surface area contributed by atoms with Crippen LogP contribution in [0.5, 0.6) is 5.75 Å². The molecule has 0 heterocycles. The lowest BCUT2D eigenvalue weighted by Crippen LogP contribution is -2.43. The average molecular weight is 369 g/mol. The van der Waals surface area contributed by atoms with Crippen LogP contribution < -0.4 is 10.1 Å². The number of amides is 1. The van der Waals surface area contributed by atoms with Gasteiger partial charge in [0.15, 0.2) is 0 Å². The molecule has 0 spiro atoms. The Balaban J connectivity index is 2.06. The number of rotatable bonds is 9. The zero-order valence-electron chi connectivity index (χ0n) is 16.1. The third-order valence-electron chi connectivity index (χ3n) is 4.19. The van der Waals surface area contributed by atoms with Crippen LogP contribution in [0.25, 0.3) is 0 Å².